The van der Waals surface area contributed by atoms with Crippen LogP contribution in [0.4, 0.5) is 5.82 Å². The summed E-state index contributed by atoms with van der Waals surface area (Å²) in [4.78, 5) is 24.5. The zero-order valence-electron chi connectivity index (χ0n) is 10.6. The number of amides is 2. The lowest BCUT2D eigenvalue weighted by molar-refractivity contribution is -0.123. The van der Waals surface area contributed by atoms with Crippen molar-refractivity contribution in [2.75, 3.05) is 11.4 Å². The molecule has 1 aromatic rings. The van der Waals surface area contributed by atoms with Crippen LogP contribution in [0.15, 0.2) is 6.20 Å². The van der Waals surface area contributed by atoms with Gasteiger partial charge >= 0.3 is 0 Å². The summed E-state index contributed by atoms with van der Waals surface area (Å²) < 4.78 is 1.43. The van der Waals surface area contributed by atoms with E-state index in [9.17, 15) is 9.59 Å². The number of carbonyl (C=O) groups is 2. The van der Waals surface area contributed by atoms with Crippen LogP contribution in [0.25, 0.3) is 0 Å². The number of hydrogen-bond acceptors (Lipinski definition) is 5. The summed E-state index contributed by atoms with van der Waals surface area (Å²) in [5.41, 5.74) is 5.45. The monoisotopic (exact) mass is 272 g/mol. The number of nitrogens with zero attached hydrogens (tertiary/aromatic N) is 5. The van der Waals surface area contributed by atoms with Gasteiger partial charge in [0.2, 0.25) is 11.8 Å². The third-order valence-electron chi connectivity index (χ3n) is 3.15. The molecule has 1 unspecified atom stereocenters. The minimum Gasteiger partial charge on any atom is -0.369 e. The number of carbonyl (C=O) groups excluding carboxylic acids is 2. The molecule has 0 aliphatic carbocycles. The lowest BCUT2D eigenvalue weighted by atomic mass is 10.1. The maximum absolute atomic E-state index is 12.0. The van der Waals surface area contributed by atoms with Crippen LogP contribution in [-0.2, 0) is 16.1 Å². The highest BCUT2D eigenvalue weighted by atomic mass is 16.2. The van der Waals surface area contributed by atoms with Crippen molar-refractivity contribution in [2.45, 2.75) is 19.4 Å². The fourth-order valence-corrected chi connectivity index (χ4v) is 2.16. The van der Waals surface area contributed by atoms with Crippen molar-refractivity contribution >= 4 is 17.6 Å². The number of hydrogen-bond donors (Lipinski definition) is 1. The Bertz CT molecular complexity index is 635. The summed E-state index contributed by atoms with van der Waals surface area (Å²) in [5, 5.41) is 21.7. The molecule has 2 rings (SSSR count). The molecule has 8 heteroatoms. The molecule has 102 valence electrons. The summed E-state index contributed by atoms with van der Waals surface area (Å²) in [5.74, 6) is -1.05. The van der Waals surface area contributed by atoms with Crippen LogP contribution in [0.1, 0.15) is 18.4 Å². The van der Waals surface area contributed by atoms with Gasteiger partial charge in [-0.15, -0.1) is 0 Å². The predicted octanol–water partition coefficient (Wildman–Crippen LogP) is -0.493. The second kappa shape index (κ2) is 5.41. The first-order chi connectivity index (χ1) is 9.58. The molecule has 20 heavy (non-hydrogen) atoms. The van der Waals surface area contributed by atoms with E-state index in [1.54, 1.807) is 0 Å². The molecule has 2 heterocycles. The van der Waals surface area contributed by atoms with Crippen molar-refractivity contribution in [3.8, 4) is 12.1 Å². The lowest BCUT2D eigenvalue weighted by Gasteiger charge is -2.17. The van der Waals surface area contributed by atoms with Crippen molar-refractivity contribution < 1.29 is 9.59 Å². The molecule has 1 aromatic heterocycles. The Balaban J connectivity index is 2.34. The molecule has 1 fully saturated rings. The van der Waals surface area contributed by atoms with E-state index in [-0.39, 0.29) is 37.4 Å². The molecule has 8 nitrogen and oxygen atoms in total. The number of rotatable bonds is 4. The highest BCUT2D eigenvalue weighted by molar-refractivity contribution is 6.00. The number of aryl methyl sites for hydroxylation is 1. The van der Waals surface area contributed by atoms with Crippen LogP contribution in [0.2, 0.25) is 0 Å². The van der Waals surface area contributed by atoms with E-state index in [1.165, 1.54) is 15.8 Å². The second-order valence-corrected chi connectivity index (χ2v) is 4.43. The van der Waals surface area contributed by atoms with Gasteiger partial charge < -0.3 is 5.73 Å². The molecule has 0 aromatic carbocycles. The van der Waals surface area contributed by atoms with Crippen LogP contribution in [0, 0.1) is 28.6 Å². The Morgan fingerprint density at radius 1 is 1.55 bits per heavy atom. The number of nitriles is 2. The van der Waals surface area contributed by atoms with Gasteiger partial charge in [-0.1, -0.05) is 0 Å². The van der Waals surface area contributed by atoms with Gasteiger partial charge in [-0.3, -0.25) is 14.5 Å². The van der Waals surface area contributed by atoms with E-state index in [0.717, 1.165) is 0 Å². The maximum Gasteiger partial charge on any atom is 0.229 e. The molecule has 2 N–H and O–H groups in total. The van der Waals surface area contributed by atoms with E-state index in [2.05, 4.69) is 5.10 Å². The van der Waals surface area contributed by atoms with E-state index < -0.39 is 11.8 Å². The second-order valence-electron chi connectivity index (χ2n) is 4.43. The zero-order valence-corrected chi connectivity index (χ0v) is 10.6. The minimum absolute atomic E-state index is 0.0314. The highest BCUT2D eigenvalue weighted by Gasteiger charge is 2.36. The Labute approximate surface area is 115 Å². The normalized spacial score (nSPS) is 17.8. The Morgan fingerprint density at radius 3 is 2.85 bits per heavy atom. The van der Waals surface area contributed by atoms with E-state index in [1.807, 2.05) is 12.1 Å². The van der Waals surface area contributed by atoms with Crippen molar-refractivity contribution in [1.29, 1.82) is 10.5 Å². The molecule has 1 aliphatic heterocycles. The molecule has 0 saturated carbocycles. The molecule has 1 aliphatic rings. The molecule has 0 bridgehead atoms. The van der Waals surface area contributed by atoms with Crippen LogP contribution < -0.4 is 10.6 Å². The molecular weight excluding hydrogens is 260 g/mol. The Morgan fingerprint density at radius 2 is 2.30 bits per heavy atom. The highest BCUT2D eigenvalue weighted by Crippen LogP contribution is 2.28. The van der Waals surface area contributed by atoms with Gasteiger partial charge in [0.05, 0.1) is 31.1 Å². The fraction of sp³-hybridized carbons (Fsp3) is 0.417. The topological polar surface area (TPSA) is 129 Å². The number of aromatic nitrogens is 2. The zero-order chi connectivity index (χ0) is 14.7. The summed E-state index contributed by atoms with van der Waals surface area (Å²) in [6.07, 6.45) is 1.59. The number of anilines is 1. The van der Waals surface area contributed by atoms with Gasteiger partial charge in [0.25, 0.3) is 0 Å². The lowest BCUT2D eigenvalue weighted by Crippen LogP contribution is -2.30. The van der Waals surface area contributed by atoms with Crippen molar-refractivity contribution in [3.05, 3.63) is 11.8 Å². The van der Waals surface area contributed by atoms with Crippen molar-refractivity contribution in [1.82, 2.24) is 9.78 Å². The van der Waals surface area contributed by atoms with Gasteiger partial charge in [0.15, 0.2) is 5.82 Å². The maximum atomic E-state index is 12.0. The summed E-state index contributed by atoms with van der Waals surface area (Å²) >= 11 is 0. The third-order valence-corrected chi connectivity index (χ3v) is 3.15. The summed E-state index contributed by atoms with van der Waals surface area (Å²) in [6, 6.07) is 3.94. The quantitative estimate of drug-likeness (QED) is 0.790. The molecule has 2 amide bonds. The molecule has 0 spiro atoms. The molecule has 0 radical (unpaired) electrons. The molecule has 1 atom stereocenters. The Kier molecular flexibility index (Phi) is 3.67. The largest absolute Gasteiger partial charge is 0.369 e. The van der Waals surface area contributed by atoms with Gasteiger partial charge in [-0.05, 0) is 0 Å². The standard InChI is InChI=1S/C12H12N6O2/c13-2-1-3-18-12(9(5-14)6-16-18)17-7-8(11(15)20)4-10(17)19/h6,8H,1,3-4,7H2,(H2,15,20). The van der Waals surface area contributed by atoms with Crippen molar-refractivity contribution in [3.63, 3.8) is 0 Å². The first-order valence-corrected chi connectivity index (χ1v) is 6.01. The van der Waals surface area contributed by atoms with Gasteiger partial charge in [-0.2, -0.15) is 15.6 Å². The summed E-state index contributed by atoms with van der Waals surface area (Å²) in [7, 11) is 0. The van der Waals surface area contributed by atoms with Gasteiger partial charge in [0, 0.05) is 13.0 Å². The van der Waals surface area contributed by atoms with Crippen LogP contribution in [0.3, 0.4) is 0 Å². The summed E-state index contributed by atoms with van der Waals surface area (Å²) in [6.45, 7) is 0.416. The van der Waals surface area contributed by atoms with Crippen molar-refractivity contribution in [2.24, 2.45) is 11.7 Å². The number of nitrogens with two attached hydrogens (primary N) is 1. The number of primary amides is 1. The average molecular weight is 272 g/mol. The minimum atomic E-state index is -0.562. The van der Waals surface area contributed by atoms with Gasteiger partial charge in [0.1, 0.15) is 11.6 Å². The third kappa shape index (κ3) is 2.31. The Hall–Kier alpha value is -2.87. The van der Waals surface area contributed by atoms with E-state index in [4.69, 9.17) is 16.3 Å². The first-order valence-electron chi connectivity index (χ1n) is 6.01. The predicted molar refractivity (Wildman–Crippen MR) is 66.8 cm³/mol. The van der Waals surface area contributed by atoms with E-state index in [0.29, 0.717) is 5.82 Å². The van der Waals surface area contributed by atoms with E-state index >= 15 is 0 Å². The average Bonchev–Trinajstić information content (AvgIpc) is 2.99. The first kappa shape index (κ1) is 13.6. The molecular formula is C12H12N6O2. The van der Waals surface area contributed by atoms with Gasteiger partial charge in [-0.25, -0.2) is 4.68 Å². The van der Waals surface area contributed by atoms with Crippen LogP contribution >= 0.6 is 0 Å². The fourth-order valence-electron chi connectivity index (χ4n) is 2.16. The SMILES string of the molecule is N#CCCn1ncc(C#N)c1N1CC(C(N)=O)CC1=O. The van der Waals surface area contributed by atoms with Crippen LogP contribution in [-0.4, -0.2) is 28.1 Å². The smallest absolute Gasteiger partial charge is 0.229 e. The van der Waals surface area contributed by atoms with Crippen LogP contribution in [0.5, 0.6) is 0 Å². The molecule has 1 saturated heterocycles.